The lowest BCUT2D eigenvalue weighted by atomic mass is 9.81. The molecule has 1 aliphatic heterocycles. The van der Waals surface area contributed by atoms with Crippen LogP contribution < -0.4 is 5.32 Å². The van der Waals surface area contributed by atoms with Crippen LogP contribution in [0.3, 0.4) is 0 Å². The molecule has 3 atom stereocenters. The van der Waals surface area contributed by atoms with Gasteiger partial charge in [-0.05, 0) is 38.5 Å². The molecule has 1 nitrogen and oxygen atoms in total. The molecule has 0 aromatic heterocycles. The molecule has 0 radical (unpaired) electrons. The molecule has 1 aliphatic rings. The van der Waals surface area contributed by atoms with E-state index in [-0.39, 0.29) is 0 Å². The van der Waals surface area contributed by atoms with Crippen LogP contribution in [0.25, 0.3) is 0 Å². The van der Waals surface area contributed by atoms with Gasteiger partial charge in [0.2, 0.25) is 0 Å². The smallest absolute Gasteiger partial charge is 0.00439 e. The largest absolute Gasteiger partial charge is 0.312 e. The van der Waals surface area contributed by atoms with Crippen LogP contribution >= 0.6 is 0 Å². The Morgan fingerprint density at radius 2 is 1.55 bits per heavy atom. The van der Waals surface area contributed by atoms with Gasteiger partial charge in [0, 0.05) is 12.1 Å². The zero-order chi connectivity index (χ0) is 8.43. The molecule has 1 heteroatoms. The molecule has 0 aromatic carbocycles. The van der Waals surface area contributed by atoms with E-state index in [1.807, 2.05) is 0 Å². The van der Waals surface area contributed by atoms with Crippen molar-refractivity contribution < 1.29 is 0 Å². The summed E-state index contributed by atoms with van der Waals surface area (Å²) >= 11 is 0. The minimum atomic E-state index is 0.728. The van der Waals surface area contributed by atoms with Gasteiger partial charge in [-0.15, -0.1) is 0 Å². The lowest BCUT2D eigenvalue weighted by molar-refractivity contribution is 0.213. The van der Waals surface area contributed by atoms with Gasteiger partial charge in [0.25, 0.3) is 0 Å². The molecule has 1 saturated heterocycles. The van der Waals surface area contributed by atoms with Crippen molar-refractivity contribution >= 4 is 0 Å². The monoisotopic (exact) mass is 155 g/mol. The molecule has 0 amide bonds. The molecule has 0 aromatic rings. The predicted molar refractivity (Wildman–Crippen MR) is 49.6 cm³/mol. The van der Waals surface area contributed by atoms with Crippen molar-refractivity contribution in [2.45, 2.75) is 52.6 Å². The van der Waals surface area contributed by atoms with Crippen molar-refractivity contribution in [2.75, 3.05) is 0 Å². The number of rotatable bonds is 1. The lowest BCUT2D eigenvalue weighted by Crippen LogP contribution is -2.43. The highest BCUT2D eigenvalue weighted by Gasteiger charge is 2.24. The van der Waals surface area contributed by atoms with Crippen molar-refractivity contribution in [1.82, 2.24) is 5.32 Å². The maximum Gasteiger partial charge on any atom is 0.00439 e. The van der Waals surface area contributed by atoms with Crippen LogP contribution in [-0.4, -0.2) is 12.1 Å². The highest BCUT2D eigenvalue weighted by molar-refractivity contribution is 4.81. The third kappa shape index (κ3) is 2.48. The zero-order valence-corrected chi connectivity index (χ0v) is 8.22. The standard InChI is InChI=1S/C10H21N/c1-7(2)10-5-8(3)11-9(4)6-10/h7-11H,5-6H2,1-4H3/t8-,9+,10+. The van der Waals surface area contributed by atoms with E-state index in [0.717, 1.165) is 23.9 Å². The summed E-state index contributed by atoms with van der Waals surface area (Å²) in [7, 11) is 0. The van der Waals surface area contributed by atoms with E-state index in [9.17, 15) is 0 Å². The van der Waals surface area contributed by atoms with E-state index in [1.165, 1.54) is 12.8 Å². The fraction of sp³-hybridized carbons (Fsp3) is 1.00. The van der Waals surface area contributed by atoms with Gasteiger partial charge in [-0.1, -0.05) is 13.8 Å². The summed E-state index contributed by atoms with van der Waals surface area (Å²) < 4.78 is 0. The number of hydrogen-bond acceptors (Lipinski definition) is 1. The van der Waals surface area contributed by atoms with Gasteiger partial charge in [0.05, 0.1) is 0 Å². The van der Waals surface area contributed by atoms with Crippen LogP contribution in [0.4, 0.5) is 0 Å². The average Bonchev–Trinajstić information content (AvgIpc) is 1.85. The second kappa shape index (κ2) is 3.57. The van der Waals surface area contributed by atoms with E-state index >= 15 is 0 Å². The lowest BCUT2D eigenvalue weighted by Gasteiger charge is -2.35. The molecule has 0 spiro atoms. The summed E-state index contributed by atoms with van der Waals surface area (Å²) in [6.45, 7) is 9.28. The van der Waals surface area contributed by atoms with Crippen LogP contribution in [0.1, 0.15) is 40.5 Å². The van der Waals surface area contributed by atoms with Gasteiger partial charge in [-0.25, -0.2) is 0 Å². The first-order chi connectivity index (χ1) is 5.09. The summed E-state index contributed by atoms with van der Waals surface area (Å²) in [6, 6.07) is 1.46. The van der Waals surface area contributed by atoms with E-state index in [1.54, 1.807) is 0 Å². The summed E-state index contributed by atoms with van der Waals surface area (Å²) in [5, 5.41) is 3.56. The summed E-state index contributed by atoms with van der Waals surface area (Å²) in [5.74, 6) is 1.81. The molecule has 0 bridgehead atoms. The fourth-order valence-electron chi connectivity index (χ4n) is 2.17. The molecule has 66 valence electrons. The van der Waals surface area contributed by atoms with Gasteiger partial charge in [0.15, 0.2) is 0 Å². The number of piperidine rings is 1. The summed E-state index contributed by atoms with van der Waals surface area (Å²) in [4.78, 5) is 0. The second-order valence-electron chi connectivity index (χ2n) is 4.44. The Morgan fingerprint density at radius 1 is 1.09 bits per heavy atom. The molecule has 11 heavy (non-hydrogen) atoms. The number of nitrogens with one attached hydrogen (secondary N) is 1. The summed E-state index contributed by atoms with van der Waals surface area (Å²) in [6.07, 6.45) is 2.73. The SMILES string of the molecule is CC(C)[C@H]1C[C@@H](C)N[C@@H](C)C1. The maximum absolute atomic E-state index is 3.56. The first-order valence-corrected chi connectivity index (χ1v) is 4.85. The molecule has 0 unspecified atom stereocenters. The van der Waals surface area contributed by atoms with Gasteiger partial charge < -0.3 is 5.32 Å². The Morgan fingerprint density at radius 3 is 1.91 bits per heavy atom. The van der Waals surface area contributed by atoms with Crippen LogP contribution in [0, 0.1) is 11.8 Å². The Kier molecular flexibility index (Phi) is 2.94. The molecule has 1 N–H and O–H groups in total. The van der Waals surface area contributed by atoms with Crippen molar-refractivity contribution in [3.63, 3.8) is 0 Å². The molecular weight excluding hydrogens is 134 g/mol. The summed E-state index contributed by atoms with van der Waals surface area (Å²) in [5.41, 5.74) is 0. The van der Waals surface area contributed by atoms with E-state index in [0.29, 0.717) is 0 Å². The fourth-order valence-corrected chi connectivity index (χ4v) is 2.17. The highest BCUT2D eigenvalue weighted by Crippen LogP contribution is 2.26. The Balaban J connectivity index is 2.43. The van der Waals surface area contributed by atoms with E-state index < -0.39 is 0 Å². The second-order valence-corrected chi connectivity index (χ2v) is 4.44. The highest BCUT2D eigenvalue weighted by atomic mass is 15.0. The van der Waals surface area contributed by atoms with Crippen LogP contribution in [0.2, 0.25) is 0 Å². The zero-order valence-electron chi connectivity index (χ0n) is 8.22. The van der Waals surface area contributed by atoms with Crippen molar-refractivity contribution in [3.8, 4) is 0 Å². The Labute approximate surface area is 70.6 Å². The van der Waals surface area contributed by atoms with Crippen molar-refractivity contribution in [1.29, 1.82) is 0 Å². The van der Waals surface area contributed by atoms with Crippen molar-refractivity contribution in [3.05, 3.63) is 0 Å². The molecule has 1 rings (SSSR count). The molecule has 0 aliphatic carbocycles. The third-order valence-electron chi connectivity index (χ3n) is 2.82. The van der Waals surface area contributed by atoms with Gasteiger partial charge in [-0.3, -0.25) is 0 Å². The molecule has 1 fully saturated rings. The van der Waals surface area contributed by atoms with Crippen LogP contribution in [0.15, 0.2) is 0 Å². The van der Waals surface area contributed by atoms with Crippen molar-refractivity contribution in [2.24, 2.45) is 11.8 Å². The Bertz CT molecular complexity index is 110. The van der Waals surface area contributed by atoms with Gasteiger partial charge >= 0.3 is 0 Å². The molecule has 0 saturated carbocycles. The minimum Gasteiger partial charge on any atom is -0.312 e. The van der Waals surface area contributed by atoms with Crippen LogP contribution in [0.5, 0.6) is 0 Å². The van der Waals surface area contributed by atoms with E-state index in [2.05, 4.69) is 33.0 Å². The van der Waals surface area contributed by atoms with E-state index in [4.69, 9.17) is 0 Å². The minimum absolute atomic E-state index is 0.728. The van der Waals surface area contributed by atoms with Crippen LogP contribution in [-0.2, 0) is 0 Å². The molecular formula is C10H21N. The van der Waals surface area contributed by atoms with Gasteiger partial charge in [-0.2, -0.15) is 0 Å². The molecule has 1 heterocycles. The van der Waals surface area contributed by atoms with Gasteiger partial charge in [0.1, 0.15) is 0 Å². The normalized spacial score (nSPS) is 39.5. The average molecular weight is 155 g/mol. The first-order valence-electron chi connectivity index (χ1n) is 4.85. The Hall–Kier alpha value is -0.0400. The third-order valence-corrected chi connectivity index (χ3v) is 2.82. The maximum atomic E-state index is 3.56. The quantitative estimate of drug-likeness (QED) is 0.613. The predicted octanol–water partition coefficient (Wildman–Crippen LogP) is 2.42. The topological polar surface area (TPSA) is 12.0 Å². The first kappa shape index (κ1) is 9.05. The number of hydrogen-bond donors (Lipinski definition) is 1.